The molecule has 3 heteroatoms. The number of carbonyl (C=O) groups excluding carboxylic acids is 1. The number of unbranched alkanes of at least 4 members (excludes halogenated alkanes) is 2. The second kappa shape index (κ2) is 12.8. The molecule has 1 rings (SSSR count). The Bertz CT molecular complexity index is 497. The minimum absolute atomic E-state index is 0.141. The number of rotatable bonds is 13. The maximum Gasteiger partial charge on any atom is 0.253 e. The van der Waals surface area contributed by atoms with Crippen LogP contribution >= 0.6 is 0 Å². The molecule has 26 heavy (non-hydrogen) atoms. The number of hydrogen-bond donors (Lipinski definition) is 1. The molecule has 0 aliphatic rings. The third-order valence-corrected chi connectivity index (χ3v) is 5.46. The van der Waals surface area contributed by atoms with Gasteiger partial charge in [0, 0.05) is 24.3 Å². The summed E-state index contributed by atoms with van der Waals surface area (Å²) in [6.45, 7) is 10.7. The zero-order chi connectivity index (χ0) is 19.4. The Morgan fingerprint density at radius 2 is 1.50 bits per heavy atom. The van der Waals surface area contributed by atoms with Gasteiger partial charge in [0.25, 0.3) is 5.91 Å². The standard InChI is InChI=1S/C23H40N2O/c1-5-9-12-19(7-3)17-25(18-20(8-4)13-10-6-2)23(26)21-14-11-15-22(24)16-21/h11,14-16,19-20H,5-10,12-13,17-18,24H2,1-4H3. The lowest BCUT2D eigenvalue weighted by molar-refractivity contribution is 0.0685. The van der Waals surface area contributed by atoms with Gasteiger partial charge in [-0.25, -0.2) is 0 Å². The van der Waals surface area contributed by atoms with Gasteiger partial charge in [-0.1, -0.05) is 72.3 Å². The van der Waals surface area contributed by atoms with Crippen LogP contribution in [-0.4, -0.2) is 23.9 Å². The first-order chi connectivity index (χ1) is 12.5. The molecule has 0 aromatic heterocycles. The Morgan fingerprint density at radius 1 is 0.962 bits per heavy atom. The molecule has 0 saturated carbocycles. The molecule has 0 saturated heterocycles. The van der Waals surface area contributed by atoms with E-state index >= 15 is 0 Å². The SMILES string of the molecule is CCCCC(CC)CN(CC(CC)CCCC)C(=O)c1cccc(N)c1. The van der Waals surface area contributed by atoms with E-state index in [1.54, 1.807) is 0 Å². The van der Waals surface area contributed by atoms with Gasteiger partial charge >= 0.3 is 0 Å². The highest BCUT2D eigenvalue weighted by Gasteiger charge is 2.22. The number of amides is 1. The average Bonchev–Trinajstić information content (AvgIpc) is 2.66. The molecule has 2 atom stereocenters. The largest absolute Gasteiger partial charge is 0.399 e. The van der Waals surface area contributed by atoms with Gasteiger partial charge in [-0.3, -0.25) is 4.79 Å². The molecule has 2 unspecified atom stereocenters. The zero-order valence-electron chi connectivity index (χ0n) is 17.5. The molecule has 0 radical (unpaired) electrons. The molecule has 0 bridgehead atoms. The molecular weight excluding hydrogens is 320 g/mol. The first-order valence-corrected chi connectivity index (χ1v) is 10.7. The lowest BCUT2D eigenvalue weighted by Crippen LogP contribution is -2.39. The number of benzene rings is 1. The van der Waals surface area contributed by atoms with E-state index in [0.717, 1.165) is 31.5 Å². The lowest BCUT2D eigenvalue weighted by atomic mass is 9.95. The summed E-state index contributed by atoms with van der Waals surface area (Å²) < 4.78 is 0. The van der Waals surface area contributed by atoms with Crippen LogP contribution in [0.15, 0.2) is 24.3 Å². The minimum Gasteiger partial charge on any atom is -0.399 e. The number of nitrogen functional groups attached to an aromatic ring is 1. The van der Waals surface area contributed by atoms with Crippen molar-refractivity contribution in [2.45, 2.75) is 79.1 Å². The second-order valence-electron chi connectivity index (χ2n) is 7.67. The summed E-state index contributed by atoms with van der Waals surface area (Å²) in [5, 5.41) is 0. The molecule has 0 aliphatic carbocycles. The summed E-state index contributed by atoms with van der Waals surface area (Å²) in [6, 6.07) is 7.43. The smallest absolute Gasteiger partial charge is 0.253 e. The van der Waals surface area contributed by atoms with Crippen molar-refractivity contribution in [3.05, 3.63) is 29.8 Å². The molecule has 0 aliphatic heterocycles. The summed E-state index contributed by atoms with van der Waals surface area (Å²) in [5.74, 6) is 1.31. The van der Waals surface area contributed by atoms with Gasteiger partial charge in [0.2, 0.25) is 0 Å². The van der Waals surface area contributed by atoms with Crippen molar-refractivity contribution in [2.24, 2.45) is 11.8 Å². The highest BCUT2D eigenvalue weighted by atomic mass is 16.2. The fourth-order valence-corrected chi connectivity index (χ4v) is 3.55. The van der Waals surface area contributed by atoms with E-state index in [1.807, 2.05) is 24.3 Å². The molecular formula is C23H40N2O. The Labute approximate surface area is 161 Å². The minimum atomic E-state index is 0.141. The summed E-state index contributed by atoms with van der Waals surface area (Å²) >= 11 is 0. The van der Waals surface area contributed by atoms with Gasteiger partial charge in [0.15, 0.2) is 0 Å². The quantitative estimate of drug-likeness (QED) is 0.429. The van der Waals surface area contributed by atoms with Crippen molar-refractivity contribution >= 4 is 11.6 Å². The molecule has 0 fully saturated rings. The van der Waals surface area contributed by atoms with Gasteiger partial charge in [-0.15, -0.1) is 0 Å². The number of carbonyl (C=O) groups is 1. The summed E-state index contributed by atoms with van der Waals surface area (Å²) in [6.07, 6.45) is 9.59. The Balaban J connectivity index is 2.93. The van der Waals surface area contributed by atoms with Crippen LogP contribution in [-0.2, 0) is 0 Å². The maximum absolute atomic E-state index is 13.2. The van der Waals surface area contributed by atoms with Crippen molar-refractivity contribution in [3.8, 4) is 0 Å². The summed E-state index contributed by atoms with van der Waals surface area (Å²) in [7, 11) is 0. The molecule has 3 nitrogen and oxygen atoms in total. The molecule has 1 aromatic rings. The van der Waals surface area contributed by atoms with Crippen LogP contribution < -0.4 is 5.73 Å². The van der Waals surface area contributed by atoms with Gasteiger partial charge in [0.1, 0.15) is 0 Å². The second-order valence-corrected chi connectivity index (χ2v) is 7.67. The van der Waals surface area contributed by atoms with Crippen molar-refractivity contribution in [3.63, 3.8) is 0 Å². The third kappa shape index (κ3) is 7.80. The van der Waals surface area contributed by atoms with Crippen LogP contribution in [0.25, 0.3) is 0 Å². The van der Waals surface area contributed by atoms with Crippen LogP contribution in [0.4, 0.5) is 5.69 Å². The number of hydrogen-bond acceptors (Lipinski definition) is 2. The van der Waals surface area contributed by atoms with E-state index in [9.17, 15) is 4.79 Å². The molecule has 1 amide bonds. The van der Waals surface area contributed by atoms with Gasteiger partial charge in [-0.2, -0.15) is 0 Å². The normalized spacial score (nSPS) is 13.4. The van der Waals surface area contributed by atoms with E-state index in [-0.39, 0.29) is 5.91 Å². The summed E-state index contributed by atoms with van der Waals surface area (Å²) in [4.78, 5) is 15.3. The highest BCUT2D eigenvalue weighted by Crippen LogP contribution is 2.21. The van der Waals surface area contributed by atoms with Gasteiger partial charge < -0.3 is 10.6 Å². The zero-order valence-corrected chi connectivity index (χ0v) is 17.5. The van der Waals surface area contributed by atoms with E-state index in [1.165, 1.54) is 38.5 Å². The lowest BCUT2D eigenvalue weighted by Gasteiger charge is -2.31. The van der Waals surface area contributed by atoms with Crippen LogP contribution in [0.5, 0.6) is 0 Å². The van der Waals surface area contributed by atoms with Crippen LogP contribution in [0, 0.1) is 11.8 Å². The molecule has 148 valence electrons. The van der Waals surface area contributed by atoms with Crippen LogP contribution in [0.3, 0.4) is 0 Å². The fourth-order valence-electron chi connectivity index (χ4n) is 3.55. The summed E-state index contributed by atoms with van der Waals surface area (Å²) in [5.41, 5.74) is 7.29. The highest BCUT2D eigenvalue weighted by molar-refractivity contribution is 5.95. The van der Waals surface area contributed by atoms with E-state index in [4.69, 9.17) is 5.73 Å². The van der Waals surface area contributed by atoms with Crippen molar-refractivity contribution < 1.29 is 4.79 Å². The van der Waals surface area contributed by atoms with Crippen molar-refractivity contribution in [1.82, 2.24) is 4.90 Å². The maximum atomic E-state index is 13.2. The predicted molar refractivity (Wildman–Crippen MR) is 113 cm³/mol. The van der Waals surface area contributed by atoms with Crippen LogP contribution in [0.1, 0.15) is 89.4 Å². The number of nitrogens with zero attached hydrogens (tertiary/aromatic N) is 1. The van der Waals surface area contributed by atoms with Gasteiger partial charge in [0.05, 0.1) is 0 Å². The molecule has 2 N–H and O–H groups in total. The van der Waals surface area contributed by atoms with E-state index in [0.29, 0.717) is 17.5 Å². The fraction of sp³-hybridized carbons (Fsp3) is 0.696. The van der Waals surface area contributed by atoms with E-state index < -0.39 is 0 Å². The van der Waals surface area contributed by atoms with E-state index in [2.05, 4.69) is 32.6 Å². The average molecular weight is 361 g/mol. The molecule has 1 aromatic carbocycles. The predicted octanol–water partition coefficient (Wildman–Crippen LogP) is 6.14. The Kier molecular flexibility index (Phi) is 11.1. The first kappa shape index (κ1) is 22.5. The Hall–Kier alpha value is -1.51. The van der Waals surface area contributed by atoms with Crippen molar-refractivity contribution in [2.75, 3.05) is 18.8 Å². The number of anilines is 1. The topological polar surface area (TPSA) is 46.3 Å². The monoisotopic (exact) mass is 360 g/mol. The van der Waals surface area contributed by atoms with Gasteiger partial charge in [-0.05, 0) is 42.9 Å². The molecule has 0 spiro atoms. The number of nitrogens with two attached hydrogens (primary N) is 1. The van der Waals surface area contributed by atoms with Crippen molar-refractivity contribution in [1.29, 1.82) is 0 Å². The third-order valence-electron chi connectivity index (χ3n) is 5.46. The molecule has 0 heterocycles. The Morgan fingerprint density at radius 3 is 1.92 bits per heavy atom. The van der Waals surface area contributed by atoms with Crippen LogP contribution in [0.2, 0.25) is 0 Å². The first-order valence-electron chi connectivity index (χ1n) is 10.7.